The molecule has 9 heteroatoms. The molecule has 166 valence electrons. The fourth-order valence-corrected chi connectivity index (χ4v) is 4.41. The van der Waals surface area contributed by atoms with Crippen LogP contribution in [-0.4, -0.2) is 45.4 Å². The molecule has 1 saturated carbocycles. The van der Waals surface area contributed by atoms with Crippen LogP contribution in [0.4, 0.5) is 21.7 Å². The summed E-state index contributed by atoms with van der Waals surface area (Å²) < 4.78 is 15.7. The van der Waals surface area contributed by atoms with Gasteiger partial charge in [-0.15, -0.1) is 0 Å². The number of aromatic nitrogens is 3. The number of fused-ring (bicyclic) bond motifs is 1. The van der Waals surface area contributed by atoms with Crippen molar-refractivity contribution < 1.29 is 9.50 Å². The number of piperidine rings is 1. The third-order valence-corrected chi connectivity index (χ3v) is 6.48. The molecule has 3 aromatic rings. The Labute approximate surface area is 185 Å². The molecule has 1 aromatic carbocycles. The van der Waals surface area contributed by atoms with Gasteiger partial charge in [-0.2, -0.15) is 14.9 Å². The first-order valence-corrected chi connectivity index (χ1v) is 11.1. The quantitative estimate of drug-likeness (QED) is 0.471. The number of aliphatic hydroxyl groups excluding tert-OH is 1. The van der Waals surface area contributed by atoms with Crippen molar-refractivity contribution in [3.8, 4) is 6.07 Å². The molecule has 5 rings (SSSR count). The highest BCUT2D eigenvalue weighted by molar-refractivity contribution is 5.66. The summed E-state index contributed by atoms with van der Waals surface area (Å²) in [6, 6.07) is 7.96. The van der Waals surface area contributed by atoms with E-state index in [9.17, 15) is 14.8 Å². The normalized spacial score (nSPS) is 21.2. The fraction of sp³-hybridized carbons (Fsp3) is 0.435. The molecule has 1 saturated heterocycles. The molecule has 8 nitrogen and oxygen atoms in total. The molecule has 2 aliphatic rings. The van der Waals surface area contributed by atoms with E-state index in [1.54, 1.807) is 10.6 Å². The zero-order valence-corrected chi connectivity index (χ0v) is 17.7. The Hall–Kier alpha value is -3.22. The molecule has 0 amide bonds. The molecule has 2 fully saturated rings. The van der Waals surface area contributed by atoms with Gasteiger partial charge in [0, 0.05) is 36.3 Å². The van der Waals surface area contributed by atoms with Gasteiger partial charge in [0.25, 0.3) is 0 Å². The second-order valence-corrected chi connectivity index (χ2v) is 8.66. The van der Waals surface area contributed by atoms with E-state index < -0.39 is 11.9 Å². The molecule has 1 aliphatic heterocycles. The number of rotatable bonds is 6. The van der Waals surface area contributed by atoms with Gasteiger partial charge >= 0.3 is 0 Å². The Morgan fingerprint density at radius 1 is 1.25 bits per heavy atom. The van der Waals surface area contributed by atoms with Crippen LogP contribution in [-0.2, 0) is 0 Å². The Kier molecular flexibility index (Phi) is 5.64. The highest BCUT2D eigenvalue weighted by atomic mass is 19.1. The van der Waals surface area contributed by atoms with Crippen molar-refractivity contribution in [1.82, 2.24) is 19.9 Å². The molecule has 0 bridgehead atoms. The largest absolute Gasteiger partial charge is 0.391 e. The van der Waals surface area contributed by atoms with Crippen molar-refractivity contribution in [2.24, 2.45) is 5.92 Å². The summed E-state index contributed by atoms with van der Waals surface area (Å²) in [5.74, 6) is 1.41. The van der Waals surface area contributed by atoms with Gasteiger partial charge in [-0.25, -0.2) is 9.37 Å². The van der Waals surface area contributed by atoms with Crippen molar-refractivity contribution >= 4 is 23.0 Å². The third-order valence-electron chi connectivity index (χ3n) is 6.48. The minimum absolute atomic E-state index is 0.142. The van der Waals surface area contributed by atoms with Crippen molar-refractivity contribution in [2.45, 2.75) is 37.7 Å². The van der Waals surface area contributed by atoms with Crippen LogP contribution < -0.4 is 16.0 Å². The van der Waals surface area contributed by atoms with E-state index in [0.29, 0.717) is 36.3 Å². The predicted molar refractivity (Wildman–Crippen MR) is 119 cm³/mol. The number of anilines is 3. The van der Waals surface area contributed by atoms with E-state index in [0.717, 1.165) is 37.0 Å². The van der Waals surface area contributed by atoms with Gasteiger partial charge < -0.3 is 21.1 Å². The molecule has 1 aliphatic carbocycles. The van der Waals surface area contributed by atoms with Crippen molar-refractivity contribution in [1.29, 1.82) is 5.26 Å². The molecule has 4 N–H and O–H groups in total. The van der Waals surface area contributed by atoms with Gasteiger partial charge in [-0.1, -0.05) is 6.42 Å². The van der Waals surface area contributed by atoms with Gasteiger partial charge in [0.2, 0.25) is 0 Å². The zero-order chi connectivity index (χ0) is 22.1. The van der Waals surface area contributed by atoms with Crippen LogP contribution in [0.3, 0.4) is 0 Å². The molecule has 2 aromatic heterocycles. The van der Waals surface area contributed by atoms with E-state index in [4.69, 9.17) is 4.98 Å². The first-order valence-electron chi connectivity index (χ1n) is 11.1. The van der Waals surface area contributed by atoms with E-state index in [2.05, 4.69) is 21.0 Å². The number of nitrogens with zero attached hydrogens (tertiary/aromatic N) is 4. The lowest BCUT2D eigenvalue weighted by Gasteiger charge is -2.28. The van der Waals surface area contributed by atoms with Crippen molar-refractivity contribution in [3.63, 3.8) is 0 Å². The van der Waals surface area contributed by atoms with Gasteiger partial charge in [-0.05, 0) is 49.9 Å². The van der Waals surface area contributed by atoms with Gasteiger partial charge in [0.1, 0.15) is 17.5 Å². The fourth-order valence-electron chi connectivity index (χ4n) is 4.41. The Morgan fingerprint density at radius 2 is 2.12 bits per heavy atom. The summed E-state index contributed by atoms with van der Waals surface area (Å²) in [4.78, 5) is 4.83. The Bertz CT molecular complexity index is 1170. The molecule has 3 heterocycles. The lowest BCUT2D eigenvalue weighted by atomic mass is 9.81. The number of aliphatic hydroxyl groups is 1. The smallest absolute Gasteiger partial charge is 0.163 e. The van der Waals surface area contributed by atoms with E-state index in [1.165, 1.54) is 18.6 Å². The predicted octanol–water partition coefficient (Wildman–Crippen LogP) is 3.13. The Morgan fingerprint density at radius 3 is 2.88 bits per heavy atom. The van der Waals surface area contributed by atoms with Gasteiger partial charge in [-0.3, -0.25) is 0 Å². The lowest BCUT2D eigenvalue weighted by molar-refractivity contribution is 0.0883. The molecule has 0 radical (unpaired) electrons. The first-order chi connectivity index (χ1) is 15.6. The minimum Gasteiger partial charge on any atom is -0.391 e. The average molecular weight is 436 g/mol. The van der Waals surface area contributed by atoms with Crippen LogP contribution in [0.25, 0.3) is 5.65 Å². The summed E-state index contributed by atoms with van der Waals surface area (Å²) in [5.41, 5.74) is 2.59. The van der Waals surface area contributed by atoms with Gasteiger partial charge in [0.15, 0.2) is 5.65 Å². The molecule has 0 spiro atoms. The molecular formula is C23H26FN7O. The summed E-state index contributed by atoms with van der Waals surface area (Å²) in [6.07, 6.45) is 5.82. The number of hydrogen-bond acceptors (Lipinski definition) is 7. The zero-order valence-electron chi connectivity index (χ0n) is 17.7. The van der Waals surface area contributed by atoms with E-state index >= 15 is 0 Å². The third kappa shape index (κ3) is 4.11. The van der Waals surface area contributed by atoms with Crippen LogP contribution in [0, 0.1) is 23.1 Å². The van der Waals surface area contributed by atoms with Crippen LogP contribution in [0.15, 0.2) is 30.5 Å². The second kappa shape index (κ2) is 8.73. The monoisotopic (exact) mass is 435 g/mol. The van der Waals surface area contributed by atoms with E-state index in [-0.39, 0.29) is 11.5 Å². The lowest BCUT2D eigenvalue weighted by Crippen LogP contribution is -2.43. The maximum absolute atomic E-state index is 14.0. The number of nitriles is 1. The summed E-state index contributed by atoms with van der Waals surface area (Å²) in [7, 11) is 0. The molecular weight excluding hydrogens is 409 g/mol. The maximum Gasteiger partial charge on any atom is 0.163 e. The highest BCUT2D eigenvalue weighted by Gasteiger charge is 2.26. The molecule has 32 heavy (non-hydrogen) atoms. The molecule has 2 unspecified atom stereocenters. The van der Waals surface area contributed by atoms with Gasteiger partial charge in [0.05, 0.1) is 23.9 Å². The summed E-state index contributed by atoms with van der Waals surface area (Å²) in [5, 5.41) is 33.8. The number of hydrogen-bond donors (Lipinski definition) is 4. The number of halogens is 1. The number of benzene rings is 1. The average Bonchev–Trinajstić information content (AvgIpc) is 3.15. The first kappa shape index (κ1) is 20.7. The number of nitrogens with one attached hydrogen (secondary N) is 3. The standard InChI is InChI=1S/C23H26FN7O/c24-17-6-14(10-25)7-18(8-17)29-22-9-21(27-11-16-4-5-26-13-20(16)32)30-23-19(12-28-31(22)23)15-2-1-3-15/h6-9,12,15-16,20,26,29,32H,1-5,11,13H2,(H,27,30). The summed E-state index contributed by atoms with van der Waals surface area (Å²) >= 11 is 0. The maximum atomic E-state index is 14.0. The topological polar surface area (TPSA) is 110 Å². The van der Waals surface area contributed by atoms with Crippen molar-refractivity contribution in [3.05, 3.63) is 47.4 Å². The Balaban J connectivity index is 1.48. The number of β-amino-alcohol motifs (C(OH)–C–C–N with tert-alkyl or cyclic N) is 1. The molecule has 2 atom stereocenters. The SMILES string of the molecule is N#Cc1cc(F)cc(Nc2cc(NCC3CCNCC3O)nc3c(C4CCC4)cnn23)c1. The minimum atomic E-state index is -0.481. The van der Waals surface area contributed by atoms with Crippen LogP contribution in [0.2, 0.25) is 0 Å². The highest BCUT2D eigenvalue weighted by Crippen LogP contribution is 2.38. The second-order valence-electron chi connectivity index (χ2n) is 8.66. The van der Waals surface area contributed by atoms with Crippen LogP contribution >= 0.6 is 0 Å². The van der Waals surface area contributed by atoms with Crippen LogP contribution in [0.5, 0.6) is 0 Å². The van der Waals surface area contributed by atoms with Crippen molar-refractivity contribution in [2.75, 3.05) is 30.3 Å². The summed E-state index contributed by atoms with van der Waals surface area (Å²) in [6.45, 7) is 2.09. The van der Waals surface area contributed by atoms with Crippen LogP contribution in [0.1, 0.15) is 42.7 Å². The van der Waals surface area contributed by atoms with E-state index in [1.807, 2.05) is 18.3 Å².